The van der Waals surface area contributed by atoms with E-state index in [1.165, 1.54) is 49.3 Å². The number of benzene rings is 1. The lowest BCUT2D eigenvalue weighted by Gasteiger charge is -2.20. The average molecular weight is 293 g/mol. The summed E-state index contributed by atoms with van der Waals surface area (Å²) in [6.07, 6.45) is 6.73. The van der Waals surface area contributed by atoms with Gasteiger partial charge in [-0.2, -0.15) is 0 Å². The van der Waals surface area contributed by atoms with E-state index in [-0.39, 0.29) is 0 Å². The minimum Gasteiger partial charge on any atom is -0.497 e. The van der Waals surface area contributed by atoms with Crippen LogP contribution in [0.15, 0.2) is 29.2 Å². The van der Waals surface area contributed by atoms with E-state index < -0.39 is 0 Å². The monoisotopic (exact) mass is 293 g/mol. The number of ether oxygens (including phenoxy) is 1. The Bertz CT molecular complexity index is 396. The molecule has 1 aromatic carbocycles. The third-order valence-corrected chi connectivity index (χ3v) is 5.14. The minimum atomic E-state index is 0.765. The van der Waals surface area contributed by atoms with Crippen molar-refractivity contribution in [1.82, 2.24) is 5.32 Å². The van der Waals surface area contributed by atoms with E-state index in [9.17, 15) is 0 Å². The first-order chi connectivity index (χ1) is 9.83. The van der Waals surface area contributed by atoms with Crippen LogP contribution < -0.4 is 10.1 Å². The Kier molecular flexibility index (Phi) is 6.74. The van der Waals surface area contributed by atoms with Crippen molar-refractivity contribution in [3.63, 3.8) is 0 Å². The molecule has 1 saturated carbocycles. The maximum Gasteiger partial charge on any atom is 0.119 e. The SMILES string of the molecule is CCCNC1CCCC1CCSc1cccc(OC)c1. The van der Waals surface area contributed by atoms with Gasteiger partial charge in [-0.1, -0.05) is 19.4 Å². The Morgan fingerprint density at radius 1 is 1.35 bits per heavy atom. The van der Waals surface area contributed by atoms with Crippen LogP contribution in [0.5, 0.6) is 5.75 Å². The molecule has 0 aromatic heterocycles. The number of nitrogens with one attached hydrogen (secondary N) is 1. The van der Waals surface area contributed by atoms with Crippen LogP contribution in [0.1, 0.15) is 39.0 Å². The Balaban J connectivity index is 1.74. The van der Waals surface area contributed by atoms with E-state index in [1.807, 2.05) is 17.8 Å². The second kappa shape index (κ2) is 8.58. The zero-order valence-electron chi connectivity index (χ0n) is 12.7. The van der Waals surface area contributed by atoms with Crippen LogP contribution in [0.3, 0.4) is 0 Å². The van der Waals surface area contributed by atoms with Crippen molar-refractivity contribution >= 4 is 11.8 Å². The molecule has 1 fully saturated rings. The predicted octanol–water partition coefficient (Wildman–Crippen LogP) is 4.35. The molecule has 1 aliphatic carbocycles. The van der Waals surface area contributed by atoms with Gasteiger partial charge in [0.15, 0.2) is 0 Å². The summed E-state index contributed by atoms with van der Waals surface area (Å²) in [5, 5.41) is 3.72. The molecule has 2 rings (SSSR count). The first-order valence-corrected chi connectivity index (χ1v) is 8.82. The van der Waals surface area contributed by atoms with Gasteiger partial charge >= 0.3 is 0 Å². The first-order valence-electron chi connectivity index (χ1n) is 7.83. The molecule has 112 valence electrons. The minimum absolute atomic E-state index is 0.765. The molecule has 0 aliphatic heterocycles. The maximum atomic E-state index is 5.27. The molecule has 2 atom stereocenters. The molecular weight excluding hydrogens is 266 g/mol. The second-order valence-electron chi connectivity index (χ2n) is 5.57. The molecule has 20 heavy (non-hydrogen) atoms. The summed E-state index contributed by atoms with van der Waals surface area (Å²) in [6, 6.07) is 9.15. The van der Waals surface area contributed by atoms with Gasteiger partial charge in [-0.05, 0) is 62.1 Å². The van der Waals surface area contributed by atoms with Crippen LogP contribution in [0, 0.1) is 5.92 Å². The molecule has 1 aliphatic rings. The third-order valence-electron chi connectivity index (χ3n) is 4.11. The van der Waals surface area contributed by atoms with E-state index in [2.05, 4.69) is 30.4 Å². The molecule has 2 nitrogen and oxygen atoms in total. The molecule has 2 unspecified atom stereocenters. The van der Waals surface area contributed by atoms with Crippen LogP contribution in [0.25, 0.3) is 0 Å². The van der Waals surface area contributed by atoms with Crippen molar-refractivity contribution in [2.45, 2.75) is 50.0 Å². The van der Waals surface area contributed by atoms with Crippen LogP contribution in [-0.2, 0) is 0 Å². The second-order valence-corrected chi connectivity index (χ2v) is 6.74. The van der Waals surface area contributed by atoms with Gasteiger partial charge in [0.25, 0.3) is 0 Å². The van der Waals surface area contributed by atoms with Gasteiger partial charge in [0.1, 0.15) is 5.75 Å². The van der Waals surface area contributed by atoms with Crippen molar-refractivity contribution in [3.05, 3.63) is 24.3 Å². The Morgan fingerprint density at radius 2 is 2.25 bits per heavy atom. The molecular formula is C17H27NOS. The van der Waals surface area contributed by atoms with E-state index in [0.717, 1.165) is 17.7 Å². The fraction of sp³-hybridized carbons (Fsp3) is 0.647. The van der Waals surface area contributed by atoms with Gasteiger partial charge < -0.3 is 10.1 Å². The Labute approximate surface area is 127 Å². The smallest absolute Gasteiger partial charge is 0.119 e. The van der Waals surface area contributed by atoms with Gasteiger partial charge in [0, 0.05) is 10.9 Å². The highest BCUT2D eigenvalue weighted by Crippen LogP contribution is 2.31. The van der Waals surface area contributed by atoms with Crippen molar-refractivity contribution < 1.29 is 4.74 Å². The predicted molar refractivity (Wildman–Crippen MR) is 87.8 cm³/mol. The van der Waals surface area contributed by atoms with Crippen molar-refractivity contribution in [2.75, 3.05) is 19.4 Å². The summed E-state index contributed by atoms with van der Waals surface area (Å²) in [4.78, 5) is 1.32. The molecule has 3 heteroatoms. The van der Waals surface area contributed by atoms with E-state index in [1.54, 1.807) is 7.11 Å². The van der Waals surface area contributed by atoms with Crippen LogP contribution in [-0.4, -0.2) is 25.4 Å². The summed E-state index contributed by atoms with van der Waals surface area (Å²) in [5.74, 6) is 3.04. The zero-order valence-corrected chi connectivity index (χ0v) is 13.5. The summed E-state index contributed by atoms with van der Waals surface area (Å²) in [6.45, 7) is 3.42. The quantitative estimate of drug-likeness (QED) is 0.720. The number of methoxy groups -OCH3 is 1. The van der Waals surface area contributed by atoms with Gasteiger partial charge in [-0.25, -0.2) is 0 Å². The number of rotatable bonds is 8. The third kappa shape index (κ3) is 4.71. The lowest BCUT2D eigenvalue weighted by atomic mass is 10.0. The van der Waals surface area contributed by atoms with Crippen LogP contribution in [0.4, 0.5) is 0 Å². The topological polar surface area (TPSA) is 21.3 Å². The lowest BCUT2D eigenvalue weighted by Crippen LogP contribution is -2.33. The summed E-state index contributed by atoms with van der Waals surface area (Å²) < 4.78 is 5.27. The normalized spacial score (nSPS) is 22.1. The van der Waals surface area contributed by atoms with Crippen molar-refractivity contribution in [2.24, 2.45) is 5.92 Å². The molecule has 1 N–H and O–H groups in total. The van der Waals surface area contributed by atoms with Gasteiger partial charge in [0.2, 0.25) is 0 Å². The average Bonchev–Trinajstić information content (AvgIpc) is 2.93. The molecule has 1 aromatic rings. The summed E-state index contributed by atoms with van der Waals surface area (Å²) in [7, 11) is 1.73. The Hall–Kier alpha value is -0.670. The summed E-state index contributed by atoms with van der Waals surface area (Å²) in [5.41, 5.74) is 0. The number of hydrogen-bond acceptors (Lipinski definition) is 3. The zero-order chi connectivity index (χ0) is 14.2. The van der Waals surface area contributed by atoms with Crippen LogP contribution in [0.2, 0.25) is 0 Å². The van der Waals surface area contributed by atoms with Gasteiger partial charge in [-0.15, -0.1) is 11.8 Å². The fourth-order valence-electron chi connectivity index (χ4n) is 3.00. The first kappa shape index (κ1) is 15.7. The van der Waals surface area contributed by atoms with E-state index in [0.29, 0.717) is 0 Å². The molecule has 0 bridgehead atoms. The number of hydrogen-bond donors (Lipinski definition) is 1. The van der Waals surface area contributed by atoms with Gasteiger partial charge in [-0.3, -0.25) is 0 Å². The maximum absolute atomic E-state index is 5.27. The Morgan fingerprint density at radius 3 is 3.05 bits per heavy atom. The molecule has 0 spiro atoms. The molecule has 0 amide bonds. The van der Waals surface area contributed by atoms with E-state index in [4.69, 9.17) is 4.74 Å². The largest absolute Gasteiger partial charge is 0.497 e. The standard InChI is InChI=1S/C17H27NOS/c1-3-11-18-17-9-4-6-14(17)10-12-20-16-8-5-7-15(13-16)19-2/h5,7-8,13-14,17-18H,3-4,6,9-12H2,1-2H3. The number of thioether (sulfide) groups is 1. The van der Waals surface area contributed by atoms with Gasteiger partial charge in [0.05, 0.1) is 7.11 Å². The van der Waals surface area contributed by atoms with E-state index >= 15 is 0 Å². The fourth-order valence-corrected chi connectivity index (χ4v) is 4.03. The molecule has 0 saturated heterocycles. The highest BCUT2D eigenvalue weighted by atomic mass is 32.2. The van der Waals surface area contributed by atoms with Crippen molar-refractivity contribution in [1.29, 1.82) is 0 Å². The summed E-state index contributed by atoms with van der Waals surface area (Å²) >= 11 is 1.95. The molecule has 0 heterocycles. The molecule has 0 radical (unpaired) electrons. The highest BCUT2D eigenvalue weighted by molar-refractivity contribution is 7.99. The lowest BCUT2D eigenvalue weighted by molar-refractivity contribution is 0.393. The van der Waals surface area contributed by atoms with Crippen LogP contribution >= 0.6 is 11.8 Å². The van der Waals surface area contributed by atoms with Crippen molar-refractivity contribution in [3.8, 4) is 5.75 Å². The highest BCUT2D eigenvalue weighted by Gasteiger charge is 2.25.